The lowest BCUT2D eigenvalue weighted by Crippen LogP contribution is -2.19. The summed E-state index contributed by atoms with van der Waals surface area (Å²) in [6, 6.07) is 27.5. The maximum Gasteiger partial charge on any atom is 0.172 e. The third kappa shape index (κ3) is 3.09. The molecule has 0 unspecified atom stereocenters. The molecule has 3 aromatic carbocycles. The number of Topliss-reactive ketones (excluding diaryl/α,β-unsaturated/α-hetero) is 1. The molecule has 3 heteroatoms. The van der Waals surface area contributed by atoms with Crippen LogP contribution in [0.15, 0.2) is 91.1 Å². The third-order valence-corrected chi connectivity index (χ3v) is 4.48. The number of nitrogens with zero attached hydrogens (tertiary/aromatic N) is 2. The molecule has 1 aromatic heterocycles. The van der Waals surface area contributed by atoms with Gasteiger partial charge in [-0.3, -0.25) is 9.48 Å². The molecule has 4 aromatic rings. The summed E-state index contributed by atoms with van der Waals surface area (Å²) in [5, 5.41) is 5.59. The van der Waals surface area contributed by atoms with Crippen molar-refractivity contribution in [2.75, 3.05) is 0 Å². The quantitative estimate of drug-likeness (QED) is 0.498. The minimum absolute atomic E-state index is 0.117. The smallest absolute Gasteiger partial charge is 0.172 e. The van der Waals surface area contributed by atoms with Crippen molar-refractivity contribution in [3.63, 3.8) is 0 Å². The molecule has 25 heavy (non-hydrogen) atoms. The fraction of sp³-hybridized carbons (Fsp3) is 0.0909. The lowest BCUT2D eigenvalue weighted by atomic mass is 9.90. The van der Waals surface area contributed by atoms with Gasteiger partial charge >= 0.3 is 0 Å². The van der Waals surface area contributed by atoms with Crippen LogP contribution >= 0.6 is 0 Å². The second-order valence-electron chi connectivity index (χ2n) is 6.08. The first kappa shape index (κ1) is 15.3. The van der Waals surface area contributed by atoms with E-state index < -0.39 is 0 Å². The van der Waals surface area contributed by atoms with E-state index in [1.54, 1.807) is 0 Å². The van der Waals surface area contributed by atoms with Gasteiger partial charge in [-0.1, -0.05) is 78.9 Å². The number of para-hydroxylation sites is 1. The van der Waals surface area contributed by atoms with Gasteiger partial charge in [-0.05, 0) is 11.6 Å². The number of rotatable bonds is 5. The van der Waals surface area contributed by atoms with Gasteiger partial charge in [0.05, 0.1) is 24.2 Å². The summed E-state index contributed by atoms with van der Waals surface area (Å²) in [6.07, 6.45) is 1.85. The van der Waals surface area contributed by atoms with Crippen molar-refractivity contribution in [1.82, 2.24) is 9.78 Å². The minimum Gasteiger partial charge on any atom is -0.293 e. The zero-order valence-electron chi connectivity index (χ0n) is 13.7. The molecule has 0 N–H and O–H groups in total. The summed E-state index contributed by atoms with van der Waals surface area (Å²) >= 11 is 0. The SMILES string of the molecule is O=C(c1ccccc1)[C@H](Cn1ncc2ccccc21)c1ccccc1. The van der Waals surface area contributed by atoms with Gasteiger partial charge in [0.15, 0.2) is 5.78 Å². The van der Waals surface area contributed by atoms with E-state index in [0.29, 0.717) is 6.54 Å². The van der Waals surface area contributed by atoms with E-state index in [9.17, 15) is 4.79 Å². The van der Waals surface area contributed by atoms with E-state index in [2.05, 4.69) is 5.10 Å². The fourth-order valence-electron chi connectivity index (χ4n) is 3.17. The largest absolute Gasteiger partial charge is 0.293 e. The van der Waals surface area contributed by atoms with Crippen molar-refractivity contribution in [3.8, 4) is 0 Å². The van der Waals surface area contributed by atoms with Gasteiger partial charge in [0.25, 0.3) is 0 Å². The number of hydrogen-bond donors (Lipinski definition) is 0. The van der Waals surface area contributed by atoms with Crippen LogP contribution in [0.1, 0.15) is 21.8 Å². The summed E-state index contributed by atoms with van der Waals surface area (Å²) in [4.78, 5) is 13.2. The van der Waals surface area contributed by atoms with Gasteiger partial charge in [-0.25, -0.2) is 0 Å². The Kier molecular flexibility index (Phi) is 4.13. The molecule has 0 radical (unpaired) electrons. The standard InChI is InChI=1S/C22H18N2O/c25-22(18-11-5-2-6-12-18)20(17-9-3-1-4-10-17)16-24-21-14-8-7-13-19(21)15-23-24/h1-15,20H,16H2/t20-/m1/s1. The van der Waals surface area contributed by atoms with Crippen LogP contribution in [0, 0.1) is 0 Å². The average Bonchev–Trinajstić information content (AvgIpc) is 3.10. The predicted octanol–water partition coefficient (Wildman–Crippen LogP) is 4.70. The summed E-state index contributed by atoms with van der Waals surface area (Å²) in [6.45, 7) is 0.519. The fourth-order valence-corrected chi connectivity index (χ4v) is 3.17. The molecule has 4 rings (SSSR count). The number of hydrogen-bond acceptors (Lipinski definition) is 2. The number of carbonyl (C=O) groups is 1. The van der Waals surface area contributed by atoms with Crippen molar-refractivity contribution in [1.29, 1.82) is 0 Å². The van der Waals surface area contributed by atoms with Crippen molar-refractivity contribution >= 4 is 16.7 Å². The molecule has 3 nitrogen and oxygen atoms in total. The van der Waals surface area contributed by atoms with Crippen LogP contribution in [0.2, 0.25) is 0 Å². The van der Waals surface area contributed by atoms with Crippen LogP contribution in [0.25, 0.3) is 10.9 Å². The molecular weight excluding hydrogens is 308 g/mol. The molecule has 0 saturated heterocycles. The van der Waals surface area contributed by atoms with E-state index in [1.165, 1.54) is 0 Å². The molecule has 0 fully saturated rings. The van der Waals surface area contributed by atoms with Crippen LogP contribution in [-0.4, -0.2) is 15.6 Å². The van der Waals surface area contributed by atoms with Gasteiger partial charge < -0.3 is 0 Å². The monoisotopic (exact) mass is 326 g/mol. The molecule has 1 heterocycles. The Morgan fingerprint density at radius 3 is 2.24 bits per heavy atom. The Morgan fingerprint density at radius 1 is 0.840 bits per heavy atom. The van der Waals surface area contributed by atoms with E-state index in [1.807, 2.05) is 95.8 Å². The highest BCUT2D eigenvalue weighted by molar-refractivity contribution is 6.01. The molecule has 0 saturated carbocycles. The topological polar surface area (TPSA) is 34.9 Å². The summed E-state index contributed by atoms with van der Waals surface area (Å²) in [5.41, 5.74) is 2.79. The van der Waals surface area contributed by atoms with Gasteiger partial charge in [0.2, 0.25) is 0 Å². The van der Waals surface area contributed by atoms with Gasteiger partial charge in [-0.2, -0.15) is 5.10 Å². The summed E-state index contributed by atoms with van der Waals surface area (Å²) < 4.78 is 1.92. The Balaban J connectivity index is 1.74. The molecule has 0 bridgehead atoms. The zero-order valence-corrected chi connectivity index (χ0v) is 13.7. The molecule has 0 aliphatic carbocycles. The predicted molar refractivity (Wildman–Crippen MR) is 99.7 cm³/mol. The van der Waals surface area contributed by atoms with Crippen LogP contribution in [-0.2, 0) is 6.54 Å². The Bertz CT molecular complexity index is 990. The maximum absolute atomic E-state index is 13.2. The number of fused-ring (bicyclic) bond motifs is 1. The van der Waals surface area contributed by atoms with Crippen molar-refractivity contribution in [3.05, 3.63) is 102 Å². The molecule has 0 aliphatic rings. The maximum atomic E-state index is 13.2. The van der Waals surface area contributed by atoms with Crippen molar-refractivity contribution in [2.24, 2.45) is 0 Å². The highest BCUT2D eigenvalue weighted by Gasteiger charge is 2.23. The molecule has 1 atom stereocenters. The van der Waals surface area contributed by atoms with Crippen molar-refractivity contribution < 1.29 is 4.79 Å². The van der Waals surface area contributed by atoms with Gasteiger partial charge in [-0.15, -0.1) is 0 Å². The lowest BCUT2D eigenvalue weighted by molar-refractivity contribution is 0.0949. The first-order valence-corrected chi connectivity index (χ1v) is 8.38. The molecule has 0 amide bonds. The van der Waals surface area contributed by atoms with E-state index in [-0.39, 0.29) is 11.7 Å². The van der Waals surface area contributed by atoms with Crippen LogP contribution in [0.5, 0.6) is 0 Å². The minimum atomic E-state index is -0.271. The van der Waals surface area contributed by atoms with Crippen LogP contribution in [0.3, 0.4) is 0 Å². The Hall–Kier alpha value is -3.20. The van der Waals surface area contributed by atoms with Gasteiger partial charge in [0, 0.05) is 10.9 Å². The number of ketones is 1. The first-order valence-electron chi connectivity index (χ1n) is 8.38. The number of aromatic nitrogens is 2. The zero-order chi connectivity index (χ0) is 17.1. The lowest BCUT2D eigenvalue weighted by Gasteiger charge is -2.17. The van der Waals surface area contributed by atoms with E-state index >= 15 is 0 Å². The molecular formula is C22H18N2O. The van der Waals surface area contributed by atoms with E-state index in [0.717, 1.165) is 22.0 Å². The third-order valence-electron chi connectivity index (χ3n) is 4.48. The molecule has 0 aliphatic heterocycles. The Morgan fingerprint density at radius 2 is 1.48 bits per heavy atom. The second-order valence-corrected chi connectivity index (χ2v) is 6.08. The van der Waals surface area contributed by atoms with Gasteiger partial charge in [0.1, 0.15) is 0 Å². The Labute approximate surface area is 146 Å². The van der Waals surface area contributed by atoms with Crippen LogP contribution in [0.4, 0.5) is 0 Å². The average molecular weight is 326 g/mol. The highest BCUT2D eigenvalue weighted by atomic mass is 16.1. The molecule has 122 valence electrons. The van der Waals surface area contributed by atoms with E-state index in [4.69, 9.17) is 0 Å². The number of benzene rings is 3. The van der Waals surface area contributed by atoms with Crippen LogP contribution < -0.4 is 0 Å². The normalized spacial score (nSPS) is 12.2. The molecule has 0 spiro atoms. The second kappa shape index (κ2) is 6.73. The summed E-state index contributed by atoms with van der Waals surface area (Å²) in [5.74, 6) is -0.154. The van der Waals surface area contributed by atoms with Crippen molar-refractivity contribution in [2.45, 2.75) is 12.5 Å². The summed E-state index contributed by atoms with van der Waals surface area (Å²) in [7, 11) is 0. The highest BCUT2D eigenvalue weighted by Crippen LogP contribution is 2.25. The number of carbonyl (C=O) groups excluding carboxylic acids is 1. The first-order chi connectivity index (χ1) is 12.3.